The number of hydrogen-bond acceptors (Lipinski definition) is 3. The lowest BCUT2D eigenvalue weighted by Crippen LogP contribution is -2.13. The van der Waals surface area contributed by atoms with Crippen molar-refractivity contribution >= 4 is 34.6 Å². The Labute approximate surface area is 157 Å². The first-order valence-corrected chi connectivity index (χ1v) is 8.72. The summed E-state index contributed by atoms with van der Waals surface area (Å²) in [5.74, 6) is 1.63. The average Bonchev–Trinajstić information content (AvgIpc) is 2.62. The number of nitrogens with one attached hydrogen (secondary N) is 2. The zero-order valence-electron chi connectivity index (χ0n) is 13.5. The van der Waals surface area contributed by atoms with E-state index < -0.39 is 0 Å². The van der Waals surface area contributed by atoms with E-state index in [2.05, 4.69) is 10.6 Å². The molecule has 0 spiro atoms. The van der Waals surface area contributed by atoms with Crippen LogP contribution in [0.2, 0.25) is 10.0 Å². The van der Waals surface area contributed by atoms with Crippen LogP contribution in [0.1, 0.15) is 0 Å². The van der Waals surface area contributed by atoms with E-state index in [0.29, 0.717) is 10.0 Å². The molecule has 2 N–H and O–H groups in total. The van der Waals surface area contributed by atoms with Gasteiger partial charge in [0.2, 0.25) is 0 Å². The van der Waals surface area contributed by atoms with E-state index in [1.807, 2.05) is 66.7 Å². The van der Waals surface area contributed by atoms with Crippen LogP contribution in [0.15, 0.2) is 72.8 Å². The molecule has 0 amide bonds. The Morgan fingerprint density at radius 2 is 1.40 bits per heavy atom. The molecule has 0 bridgehead atoms. The van der Waals surface area contributed by atoms with Crippen LogP contribution in [0, 0.1) is 0 Å². The normalized spacial score (nSPS) is 10.3. The van der Waals surface area contributed by atoms with E-state index in [4.69, 9.17) is 27.9 Å². The van der Waals surface area contributed by atoms with Crippen LogP contribution < -0.4 is 15.4 Å². The van der Waals surface area contributed by atoms with Gasteiger partial charge >= 0.3 is 0 Å². The van der Waals surface area contributed by atoms with Crippen LogP contribution >= 0.6 is 23.2 Å². The van der Waals surface area contributed by atoms with E-state index in [0.717, 1.165) is 36.0 Å². The van der Waals surface area contributed by atoms with Crippen molar-refractivity contribution in [3.05, 3.63) is 82.8 Å². The second-order valence-corrected chi connectivity index (χ2v) is 6.26. The molecule has 3 aromatic carbocycles. The Hall–Kier alpha value is -2.36. The van der Waals surface area contributed by atoms with Gasteiger partial charge in [0.25, 0.3) is 0 Å². The SMILES string of the molecule is Clc1ccc(NCCNc2ccc(Oc3ccccc3)cc2)c(Cl)c1. The highest BCUT2D eigenvalue weighted by Crippen LogP contribution is 2.25. The van der Waals surface area contributed by atoms with Crippen LogP contribution in [0.3, 0.4) is 0 Å². The molecule has 0 saturated heterocycles. The predicted octanol–water partition coefficient (Wildman–Crippen LogP) is 6.31. The minimum absolute atomic E-state index is 0.620. The number of para-hydroxylation sites is 1. The molecule has 5 heteroatoms. The van der Waals surface area contributed by atoms with E-state index in [-0.39, 0.29) is 0 Å². The third kappa shape index (κ3) is 5.31. The lowest BCUT2D eigenvalue weighted by Gasteiger charge is -2.11. The molecule has 0 saturated carbocycles. The van der Waals surface area contributed by atoms with Crippen LogP contribution in [0.5, 0.6) is 11.5 Å². The van der Waals surface area contributed by atoms with Gasteiger partial charge in [-0.15, -0.1) is 0 Å². The van der Waals surface area contributed by atoms with Gasteiger partial charge in [0.05, 0.1) is 10.7 Å². The van der Waals surface area contributed by atoms with E-state index in [1.54, 1.807) is 6.07 Å². The van der Waals surface area contributed by atoms with Gasteiger partial charge in [-0.1, -0.05) is 41.4 Å². The first-order chi connectivity index (χ1) is 12.2. The maximum absolute atomic E-state index is 6.13. The molecule has 0 heterocycles. The standard InChI is InChI=1S/C20H18Cl2N2O/c21-15-6-11-20(19(22)14-15)24-13-12-23-16-7-9-18(10-8-16)25-17-4-2-1-3-5-17/h1-11,14,23-24H,12-13H2. The molecule has 0 aromatic heterocycles. The van der Waals surface area contributed by atoms with Crippen molar-refractivity contribution in [2.45, 2.75) is 0 Å². The van der Waals surface area contributed by atoms with Crippen molar-refractivity contribution in [3.8, 4) is 11.5 Å². The van der Waals surface area contributed by atoms with Gasteiger partial charge in [-0.25, -0.2) is 0 Å². The highest BCUT2D eigenvalue weighted by atomic mass is 35.5. The summed E-state index contributed by atoms with van der Waals surface area (Å²) in [7, 11) is 0. The first kappa shape index (κ1) is 17.5. The molecule has 0 aliphatic rings. The van der Waals surface area contributed by atoms with Gasteiger partial charge in [-0.2, -0.15) is 0 Å². The molecular formula is C20H18Cl2N2O. The number of ether oxygens (including phenoxy) is 1. The molecule has 0 radical (unpaired) electrons. The average molecular weight is 373 g/mol. The molecule has 0 unspecified atom stereocenters. The number of anilines is 2. The molecule has 25 heavy (non-hydrogen) atoms. The summed E-state index contributed by atoms with van der Waals surface area (Å²) >= 11 is 12.0. The topological polar surface area (TPSA) is 33.3 Å². The Morgan fingerprint density at radius 1 is 0.720 bits per heavy atom. The second-order valence-electron chi connectivity index (χ2n) is 5.42. The van der Waals surface area contributed by atoms with Gasteiger partial charge in [0, 0.05) is 23.8 Å². The molecule has 0 atom stereocenters. The smallest absolute Gasteiger partial charge is 0.127 e. The molecular weight excluding hydrogens is 355 g/mol. The molecule has 3 rings (SSSR count). The fourth-order valence-corrected chi connectivity index (χ4v) is 2.78. The zero-order valence-corrected chi connectivity index (χ0v) is 15.0. The van der Waals surface area contributed by atoms with Gasteiger partial charge in [0.15, 0.2) is 0 Å². The van der Waals surface area contributed by atoms with Crippen molar-refractivity contribution in [1.82, 2.24) is 0 Å². The van der Waals surface area contributed by atoms with Gasteiger partial charge in [-0.05, 0) is 54.6 Å². The lowest BCUT2D eigenvalue weighted by atomic mass is 10.3. The van der Waals surface area contributed by atoms with Gasteiger partial charge in [-0.3, -0.25) is 0 Å². The highest BCUT2D eigenvalue weighted by molar-refractivity contribution is 6.36. The maximum atomic E-state index is 6.13. The molecule has 0 fully saturated rings. The van der Waals surface area contributed by atoms with Crippen LogP contribution in [0.4, 0.5) is 11.4 Å². The summed E-state index contributed by atoms with van der Waals surface area (Å²) < 4.78 is 5.77. The van der Waals surface area contributed by atoms with Crippen molar-refractivity contribution in [3.63, 3.8) is 0 Å². The Balaban J connectivity index is 1.45. The summed E-state index contributed by atoms with van der Waals surface area (Å²) in [5, 5.41) is 7.88. The summed E-state index contributed by atoms with van der Waals surface area (Å²) in [6.45, 7) is 1.50. The van der Waals surface area contributed by atoms with Gasteiger partial charge in [0.1, 0.15) is 11.5 Å². The van der Waals surface area contributed by atoms with E-state index >= 15 is 0 Å². The zero-order chi connectivity index (χ0) is 17.5. The van der Waals surface area contributed by atoms with Crippen molar-refractivity contribution < 1.29 is 4.74 Å². The van der Waals surface area contributed by atoms with E-state index in [9.17, 15) is 0 Å². The Kier molecular flexibility index (Phi) is 6.04. The fourth-order valence-electron chi connectivity index (χ4n) is 2.30. The lowest BCUT2D eigenvalue weighted by molar-refractivity contribution is 0.483. The minimum atomic E-state index is 0.620. The Morgan fingerprint density at radius 3 is 2.12 bits per heavy atom. The minimum Gasteiger partial charge on any atom is -0.457 e. The summed E-state index contributed by atoms with van der Waals surface area (Å²) in [6, 6.07) is 23.0. The monoisotopic (exact) mass is 372 g/mol. The molecule has 3 aromatic rings. The quantitative estimate of drug-likeness (QED) is 0.476. The van der Waals surface area contributed by atoms with Crippen LogP contribution in [-0.2, 0) is 0 Å². The molecule has 0 aliphatic carbocycles. The van der Waals surface area contributed by atoms with E-state index in [1.165, 1.54) is 0 Å². The predicted molar refractivity (Wildman–Crippen MR) is 106 cm³/mol. The summed E-state index contributed by atoms with van der Waals surface area (Å²) in [6.07, 6.45) is 0. The molecule has 0 aliphatic heterocycles. The Bertz CT molecular complexity index is 808. The second kappa shape index (κ2) is 8.65. The third-order valence-electron chi connectivity index (χ3n) is 3.53. The van der Waals surface area contributed by atoms with Crippen LogP contribution in [-0.4, -0.2) is 13.1 Å². The van der Waals surface area contributed by atoms with Crippen molar-refractivity contribution in [2.24, 2.45) is 0 Å². The number of halogens is 2. The number of benzene rings is 3. The summed E-state index contributed by atoms with van der Waals surface area (Å²) in [4.78, 5) is 0. The largest absolute Gasteiger partial charge is 0.457 e. The number of rotatable bonds is 7. The third-order valence-corrected chi connectivity index (χ3v) is 4.08. The summed E-state index contributed by atoms with van der Waals surface area (Å²) in [5.41, 5.74) is 1.91. The first-order valence-electron chi connectivity index (χ1n) is 7.96. The van der Waals surface area contributed by atoms with Crippen LogP contribution in [0.25, 0.3) is 0 Å². The van der Waals surface area contributed by atoms with Gasteiger partial charge < -0.3 is 15.4 Å². The highest BCUT2D eigenvalue weighted by Gasteiger charge is 2.01. The number of hydrogen-bond donors (Lipinski definition) is 2. The van der Waals surface area contributed by atoms with Crippen molar-refractivity contribution in [1.29, 1.82) is 0 Å². The fraction of sp³-hybridized carbons (Fsp3) is 0.100. The molecule has 128 valence electrons. The molecule has 3 nitrogen and oxygen atoms in total. The maximum Gasteiger partial charge on any atom is 0.127 e. The van der Waals surface area contributed by atoms with Crippen molar-refractivity contribution in [2.75, 3.05) is 23.7 Å².